The van der Waals surface area contributed by atoms with Crippen molar-refractivity contribution in [3.63, 3.8) is 0 Å². The topological polar surface area (TPSA) is 48.6 Å². The number of carbonyl (C=O) groups excluding carboxylic acids is 1. The zero-order valence-corrected chi connectivity index (χ0v) is 40.1. The minimum Gasteiger partial charge on any atom is -0.412 e. The van der Waals surface area contributed by atoms with Gasteiger partial charge < -0.3 is 5.48 Å². The standard InChI is InChI=1S/C13H8Cl4.C13H8Cl2F2.C13H8F2O.C6H5Cl.CCl4.H2O/c14-11-5-1-9(2-6-11)13(16,17)10-3-7-12(15)8-4-10;14-13(15,9-1-5-11(16)6-2-9)10-3-7-12(17)8-4-10;14-11-5-1-9(2-6-11)13(16)10-3-7-12(15)8-4-10;7-6-4-2-1-3-5-6;2-1(3,4)5;/h2*1-8H;1-8H;1-5H;;1H2. The number of benzene rings is 7. The Balaban J connectivity index is 0.000000285. The Morgan fingerprint density at radius 2 is 0.540 bits per heavy atom. The number of carbonyl (C=O) groups is 1. The normalized spacial score (nSPS) is 10.7. The quantitative estimate of drug-likeness (QED) is 0.0930. The second-order valence-corrected chi connectivity index (χ2v) is 19.6. The van der Waals surface area contributed by atoms with E-state index in [1.165, 1.54) is 97.1 Å². The van der Waals surface area contributed by atoms with Crippen molar-refractivity contribution in [2.75, 3.05) is 0 Å². The molecule has 2 N–H and O–H groups in total. The number of alkyl halides is 8. The first-order chi connectivity index (χ1) is 29.1. The SMILES string of the molecule is ClC(Cl)(Cl)Cl.Clc1ccc(C(Cl)(Cl)c2ccc(Cl)cc2)cc1.Clc1ccccc1.Fc1ccc(C(Cl)(Cl)c2ccc(F)cc2)cc1.O.O=C(c1ccc(F)cc1)c1ccc(F)cc1. The molecular formula is C46H31Cl11F4O2. The molecule has 7 rings (SSSR count). The van der Waals surface area contributed by atoms with Gasteiger partial charge in [0, 0.05) is 26.2 Å². The molecule has 0 aliphatic rings. The van der Waals surface area contributed by atoms with Crippen LogP contribution in [0.4, 0.5) is 17.6 Å². The van der Waals surface area contributed by atoms with E-state index in [0.717, 1.165) is 16.1 Å². The average molecular weight is 1080 g/mol. The Kier molecular flexibility index (Phi) is 24.0. The molecule has 0 bridgehead atoms. The highest BCUT2D eigenvalue weighted by atomic mass is 35.6. The number of hydrogen-bond acceptors (Lipinski definition) is 1. The van der Waals surface area contributed by atoms with Crippen LogP contribution in [0.25, 0.3) is 0 Å². The van der Waals surface area contributed by atoms with Crippen molar-refractivity contribution in [1.29, 1.82) is 0 Å². The fraction of sp³-hybridized carbons (Fsp3) is 0.0652. The van der Waals surface area contributed by atoms with Crippen LogP contribution in [-0.2, 0) is 8.67 Å². The summed E-state index contributed by atoms with van der Waals surface area (Å²) in [6.45, 7) is 0. The van der Waals surface area contributed by atoms with Gasteiger partial charge in [0.05, 0.1) is 0 Å². The van der Waals surface area contributed by atoms with E-state index >= 15 is 0 Å². The lowest BCUT2D eigenvalue weighted by molar-refractivity contribution is 0.103. The molecule has 7 aromatic carbocycles. The third-order valence-electron chi connectivity index (χ3n) is 7.77. The second-order valence-electron chi connectivity index (χ2n) is 12.2. The highest BCUT2D eigenvalue weighted by Crippen LogP contribution is 2.42. The molecule has 0 aromatic heterocycles. The molecule has 0 fully saturated rings. The summed E-state index contributed by atoms with van der Waals surface area (Å²) in [6, 6.07) is 45.3. The van der Waals surface area contributed by atoms with Crippen LogP contribution < -0.4 is 0 Å². The molecule has 17 heteroatoms. The molecule has 0 atom stereocenters. The van der Waals surface area contributed by atoms with Crippen molar-refractivity contribution in [3.05, 3.63) is 248 Å². The lowest BCUT2D eigenvalue weighted by atomic mass is 10.0. The molecule has 0 saturated heterocycles. The van der Waals surface area contributed by atoms with Crippen molar-refractivity contribution in [3.8, 4) is 0 Å². The van der Waals surface area contributed by atoms with E-state index in [2.05, 4.69) is 0 Å². The predicted molar refractivity (Wildman–Crippen MR) is 258 cm³/mol. The molecule has 0 aliphatic heterocycles. The zero-order valence-electron chi connectivity index (χ0n) is 31.8. The van der Waals surface area contributed by atoms with E-state index in [4.69, 9.17) is 128 Å². The third kappa shape index (κ3) is 20.4. The molecule has 0 aliphatic carbocycles. The maximum atomic E-state index is 12.8. The highest BCUT2D eigenvalue weighted by Gasteiger charge is 2.30. The van der Waals surface area contributed by atoms with Crippen LogP contribution >= 0.6 is 128 Å². The van der Waals surface area contributed by atoms with Gasteiger partial charge in [-0.1, -0.05) is 194 Å². The summed E-state index contributed by atoms with van der Waals surface area (Å²) in [4.78, 5) is 11.8. The minimum atomic E-state index is -1.61. The van der Waals surface area contributed by atoms with E-state index in [9.17, 15) is 22.4 Å². The van der Waals surface area contributed by atoms with Gasteiger partial charge in [-0.2, -0.15) is 0 Å². The Morgan fingerprint density at radius 3 is 0.762 bits per heavy atom. The maximum Gasteiger partial charge on any atom is 0.266 e. The smallest absolute Gasteiger partial charge is 0.266 e. The Hall–Kier alpha value is -2.92. The molecule has 0 heterocycles. The van der Waals surface area contributed by atoms with E-state index in [-0.39, 0.29) is 22.9 Å². The first kappa shape index (κ1) is 56.2. The van der Waals surface area contributed by atoms with Crippen molar-refractivity contribution < 1.29 is 27.8 Å². The van der Waals surface area contributed by atoms with Crippen molar-refractivity contribution in [1.82, 2.24) is 0 Å². The van der Waals surface area contributed by atoms with Gasteiger partial charge in [-0.15, -0.1) is 0 Å². The van der Waals surface area contributed by atoms with Gasteiger partial charge in [-0.05, 0) is 131 Å². The monoisotopic (exact) mass is 1080 g/mol. The lowest BCUT2D eigenvalue weighted by Gasteiger charge is -2.20. The van der Waals surface area contributed by atoms with Gasteiger partial charge in [-0.3, -0.25) is 4.79 Å². The molecular weight excluding hydrogens is 1050 g/mol. The molecule has 0 saturated carbocycles. The van der Waals surface area contributed by atoms with Crippen LogP contribution in [0.1, 0.15) is 38.2 Å². The summed E-state index contributed by atoms with van der Waals surface area (Å²) in [5.41, 5.74) is 3.38. The molecule has 7 aromatic rings. The van der Waals surface area contributed by atoms with Crippen LogP contribution in [-0.4, -0.2) is 14.5 Å². The van der Waals surface area contributed by atoms with Gasteiger partial charge >= 0.3 is 0 Å². The van der Waals surface area contributed by atoms with Gasteiger partial charge in [0.1, 0.15) is 23.3 Å². The van der Waals surface area contributed by atoms with Crippen LogP contribution in [0.3, 0.4) is 0 Å². The van der Waals surface area contributed by atoms with Crippen molar-refractivity contribution in [2.24, 2.45) is 0 Å². The number of ketones is 1. The zero-order chi connectivity index (χ0) is 46.1. The Morgan fingerprint density at radius 1 is 0.333 bits per heavy atom. The Bertz CT molecular complexity index is 2150. The van der Waals surface area contributed by atoms with Crippen LogP contribution in [0.15, 0.2) is 176 Å². The summed E-state index contributed by atoms with van der Waals surface area (Å²) in [5, 5.41) is 2.09. The number of halogens is 15. The predicted octanol–water partition coefficient (Wildman–Crippen LogP) is 17.6. The third-order valence-corrected chi connectivity index (χ3v) is 10.3. The van der Waals surface area contributed by atoms with Gasteiger partial charge in [-0.25, -0.2) is 17.6 Å². The second kappa shape index (κ2) is 26.9. The summed E-state index contributed by atoms with van der Waals surface area (Å²) in [6.07, 6.45) is 0. The molecule has 0 spiro atoms. The van der Waals surface area contributed by atoms with E-state index in [0.29, 0.717) is 32.3 Å². The van der Waals surface area contributed by atoms with Crippen LogP contribution in [0.2, 0.25) is 15.1 Å². The fourth-order valence-corrected chi connectivity index (χ4v) is 6.16. The van der Waals surface area contributed by atoms with Crippen LogP contribution in [0.5, 0.6) is 0 Å². The van der Waals surface area contributed by atoms with Gasteiger partial charge in [0.15, 0.2) is 14.4 Å². The maximum absolute atomic E-state index is 12.8. The summed E-state index contributed by atoms with van der Waals surface area (Å²) in [5.74, 6) is -1.76. The van der Waals surface area contributed by atoms with Crippen LogP contribution in [0, 0.1) is 23.3 Å². The Labute approximate surface area is 417 Å². The van der Waals surface area contributed by atoms with Gasteiger partial charge in [0.2, 0.25) is 0 Å². The van der Waals surface area contributed by atoms with Crippen molar-refractivity contribution in [2.45, 2.75) is 11.9 Å². The summed E-state index contributed by atoms with van der Waals surface area (Å²) < 4.78 is 46.8. The molecule has 2 nitrogen and oxygen atoms in total. The molecule has 63 heavy (non-hydrogen) atoms. The summed E-state index contributed by atoms with van der Waals surface area (Å²) >= 11 is 61.7. The summed E-state index contributed by atoms with van der Waals surface area (Å²) in [7, 11) is 0. The average Bonchev–Trinajstić information content (AvgIpc) is 3.22. The molecule has 332 valence electrons. The number of hydrogen-bond donors (Lipinski definition) is 0. The largest absolute Gasteiger partial charge is 0.412 e. The van der Waals surface area contributed by atoms with Gasteiger partial charge in [0.25, 0.3) is 3.25 Å². The lowest BCUT2D eigenvalue weighted by Crippen LogP contribution is -2.12. The van der Waals surface area contributed by atoms with E-state index in [1.54, 1.807) is 48.5 Å². The first-order valence-electron chi connectivity index (χ1n) is 17.4. The van der Waals surface area contributed by atoms with Crippen molar-refractivity contribution >= 4 is 133 Å². The van der Waals surface area contributed by atoms with E-state index in [1.807, 2.05) is 30.3 Å². The van der Waals surface area contributed by atoms with E-state index < -0.39 is 23.6 Å². The highest BCUT2D eigenvalue weighted by molar-refractivity contribution is 6.83. The first-order valence-corrected chi connectivity index (χ1v) is 21.5. The molecule has 0 amide bonds. The fourth-order valence-electron chi connectivity index (χ4n) is 4.75. The molecule has 0 radical (unpaired) electrons. The molecule has 0 unspecified atom stereocenters. The number of rotatable bonds is 6. The minimum absolute atomic E-state index is 0.